The predicted octanol–water partition coefficient (Wildman–Crippen LogP) is 1.21. The zero-order valence-electron chi connectivity index (χ0n) is 10.8. The maximum absolute atomic E-state index is 12.2. The highest BCUT2D eigenvalue weighted by Crippen LogP contribution is 2.17. The molecule has 0 bridgehead atoms. The van der Waals surface area contributed by atoms with Crippen LogP contribution in [0.5, 0.6) is 0 Å². The number of carbonyl (C=O) groups excluding carboxylic acids is 1. The van der Waals surface area contributed by atoms with Gasteiger partial charge in [-0.1, -0.05) is 0 Å². The molecule has 0 radical (unpaired) electrons. The zero-order valence-corrected chi connectivity index (χ0v) is 10.8. The molecule has 0 aromatic rings. The lowest BCUT2D eigenvalue weighted by Gasteiger charge is -2.22. The minimum absolute atomic E-state index is 0.00541. The van der Waals surface area contributed by atoms with Crippen molar-refractivity contribution in [3.05, 3.63) is 0 Å². The van der Waals surface area contributed by atoms with Crippen molar-refractivity contribution >= 4 is 12.0 Å². The Morgan fingerprint density at radius 3 is 2.60 bits per heavy atom. The number of halogens is 3. The Balaban J connectivity index is 2.39. The van der Waals surface area contributed by atoms with E-state index in [1.807, 2.05) is 0 Å². The first-order valence-electron chi connectivity index (χ1n) is 6.21. The average Bonchev–Trinajstić information content (AvgIpc) is 2.78. The standard InChI is InChI=1S/C11H17F3N2O4/c12-11(13,14)7-16(6-9(17)18)10(19)15-4-3-8-2-1-5-20-8/h8H,1-7H2,(H,15,19)(H,17,18). The number of hydrogen-bond acceptors (Lipinski definition) is 3. The quantitative estimate of drug-likeness (QED) is 0.772. The number of urea groups is 1. The monoisotopic (exact) mass is 298 g/mol. The summed E-state index contributed by atoms with van der Waals surface area (Å²) in [6.45, 7) is -1.79. The van der Waals surface area contributed by atoms with E-state index >= 15 is 0 Å². The molecule has 1 fully saturated rings. The maximum Gasteiger partial charge on any atom is 0.406 e. The van der Waals surface area contributed by atoms with Crippen molar-refractivity contribution in [1.29, 1.82) is 0 Å². The summed E-state index contributed by atoms with van der Waals surface area (Å²) >= 11 is 0. The number of carboxylic acid groups (broad SMARTS) is 1. The lowest BCUT2D eigenvalue weighted by Crippen LogP contribution is -2.47. The summed E-state index contributed by atoms with van der Waals surface area (Å²) in [4.78, 5) is 22.2. The third kappa shape index (κ3) is 6.60. The smallest absolute Gasteiger partial charge is 0.406 e. The molecule has 1 heterocycles. The van der Waals surface area contributed by atoms with Crippen molar-refractivity contribution < 1.29 is 32.6 Å². The first-order chi connectivity index (χ1) is 9.28. The van der Waals surface area contributed by atoms with Crippen LogP contribution in [0.2, 0.25) is 0 Å². The van der Waals surface area contributed by atoms with Crippen LogP contribution < -0.4 is 5.32 Å². The van der Waals surface area contributed by atoms with Crippen molar-refractivity contribution in [2.24, 2.45) is 0 Å². The Morgan fingerprint density at radius 1 is 1.40 bits per heavy atom. The van der Waals surface area contributed by atoms with Crippen molar-refractivity contribution in [2.75, 3.05) is 26.2 Å². The van der Waals surface area contributed by atoms with E-state index in [-0.39, 0.29) is 17.5 Å². The summed E-state index contributed by atoms with van der Waals surface area (Å²) < 4.78 is 42.1. The lowest BCUT2D eigenvalue weighted by molar-refractivity contribution is -0.148. The molecular weight excluding hydrogens is 281 g/mol. The molecule has 1 unspecified atom stereocenters. The number of alkyl halides is 3. The highest BCUT2D eigenvalue weighted by atomic mass is 19.4. The van der Waals surface area contributed by atoms with Crippen LogP contribution in [0.1, 0.15) is 19.3 Å². The van der Waals surface area contributed by atoms with Crippen LogP contribution in [0.15, 0.2) is 0 Å². The number of ether oxygens (including phenoxy) is 1. The topological polar surface area (TPSA) is 78.9 Å². The van der Waals surface area contributed by atoms with Crippen molar-refractivity contribution in [1.82, 2.24) is 10.2 Å². The molecule has 1 aliphatic heterocycles. The van der Waals surface area contributed by atoms with Gasteiger partial charge in [-0.15, -0.1) is 0 Å². The van der Waals surface area contributed by atoms with Crippen molar-refractivity contribution in [3.63, 3.8) is 0 Å². The second-order valence-electron chi connectivity index (χ2n) is 4.52. The van der Waals surface area contributed by atoms with Crippen LogP contribution >= 0.6 is 0 Å². The highest BCUT2D eigenvalue weighted by Gasteiger charge is 2.34. The average molecular weight is 298 g/mol. The number of aliphatic carboxylic acids is 1. The summed E-state index contributed by atoms with van der Waals surface area (Å²) in [5.41, 5.74) is 0. The number of carboxylic acids is 1. The fourth-order valence-corrected chi connectivity index (χ4v) is 1.90. The van der Waals surface area contributed by atoms with E-state index in [4.69, 9.17) is 9.84 Å². The van der Waals surface area contributed by atoms with E-state index in [0.717, 1.165) is 12.8 Å². The van der Waals surface area contributed by atoms with E-state index in [1.54, 1.807) is 0 Å². The molecule has 1 atom stereocenters. The molecule has 0 aromatic carbocycles. The van der Waals surface area contributed by atoms with Crippen molar-refractivity contribution in [3.8, 4) is 0 Å². The summed E-state index contributed by atoms with van der Waals surface area (Å²) in [5, 5.41) is 10.8. The maximum atomic E-state index is 12.2. The third-order valence-electron chi connectivity index (χ3n) is 2.75. The molecule has 0 aliphatic carbocycles. The number of amides is 2. The molecule has 1 rings (SSSR count). The minimum atomic E-state index is -4.64. The molecule has 20 heavy (non-hydrogen) atoms. The first-order valence-corrected chi connectivity index (χ1v) is 6.21. The van der Waals surface area contributed by atoms with E-state index in [9.17, 15) is 22.8 Å². The molecule has 1 saturated heterocycles. The molecule has 6 nitrogen and oxygen atoms in total. The summed E-state index contributed by atoms with van der Waals surface area (Å²) in [6.07, 6.45) is -2.35. The van der Waals surface area contributed by atoms with Crippen LogP contribution in [-0.4, -0.2) is 60.5 Å². The fourth-order valence-electron chi connectivity index (χ4n) is 1.90. The Hall–Kier alpha value is -1.51. The number of nitrogens with zero attached hydrogens (tertiary/aromatic N) is 1. The zero-order chi connectivity index (χ0) is 15.2. The number of hydrogen-bond donors (Lipinski definition) is 2. The normalized spacial score (nSPS) is 18.9. The summed E-state index contributed by atoms with van der Waals surface area (Å²) in [6, 6.07) is -1.04. The van der Waals surface area contributed by atoms with Crippen LogP contribution in [0.3, 0.4) is 0 Å². The molecule has 2 N–H and O–H groups in total. The molecule has 1 aliphatic rings. The Morgan fingerprint density at radius 2 is 2.10 bits per heavy atom. The molecule has 0 aromatic heterocycles. The highest BCUT2D eigenvalue weighted by molar-refractivity contribution is 5.80. The largest absolute Gasteiger partial charge is 0.480 e. The third-order valence-corrected chi connectivity index (χ3v) is 2.75. The fraction of sp³-hybridized carbons (Fsp3) is 0.818. The Bertz CT molecular complexity index is 343. The van der Waals surface area contributed by atoms with Gasteiger partial charge in [0.15, 0.2) is 0 Å². The van der Waals surface area contributed by atoms with Gasteiger partial charge in [0.2, 0.25) is 0 Å². The Labute approximate surface area is 113 Å². The van der Waals surface area contributed by atoms with Gasteiger partial charge in [0.05, 0.1) is 6.10 Å². The van der Waals surface area contributed by atoms with Gasteiger partial charge < -0.3 is 20.1 Å². The number of rotatable bonds is 6. The second kappa shape index (κ2) is 7.32. The van der Waals surface area contributed by atoms with Crippen molar-refractivity contribution in [2.45, 2.75) is 31.5 Å². The molecule has 2 amide bonds. The van der Waals surface area contributed by atoms with Gasteiger partial charge >= 0.3 is 18.2 Å². The van der Waals surface area contributed by atoms with Gasteiger partial charge in [-0.05, 0) is 19.3 Å². The molecule has 9 heteroatoms. The van der Waals surface area contributed by atoms with Gasteiger partial charge in [0.1, 0.15) is 13.1 Å². The van der Waals surface area contributed by atoms with E-state index in [2.05, 4.69) is 5.32 Å². The van der Waals surface area contributed by atoms with Gasteiger partial charge in [-0.3, -0.25) is 4.79 Å². The SMILES string of the molecule is O=C(O)CN(CC(F)(F)F)C(=O)NCCC1CCCO1. The van der Waals surface area contributed by atoms with Crippen LogP contribution in [0, 0.1) is 0 Å². The van der Waals surface area contributed by atoms with Gasteiger partial charge in [0.25, 0.3) is 0 Å². The number of nitrogens with one attached hydrogen (secondary N) is 1. The lowest BCUT2D eigenvalue weighted by atomic mass is 10.2. The van der Waals surface area contributed by atoms with Gasteiger partial charge in [-0.2, -0.15) is 13.2 Å². The van der Waals surface area contributed by atoms with Crippen LogP contribution in [0.25, 0.3) is 0 Å². The second-order valence-corrected chi connectivity index (χ2v) is 4.52. The van der Waals surface area contributed by atoms with E-state index in [0.29, 0.717) is 13.0 Å². The first kappa shape index (κ1) is 16.5. The molecular formula is C11H17F3N2O4. The van der Waals surface area contributed by atoms with E-state index in [1.165, 1.54) is 0 Å². The van der Waals surface area contributed by atoms with E-state index < -0.39 is 31.3 Å². The number of carbonyl (C=O) groups is 2. The van der Waals surface area contributed by atoms with Crippen LogP contribution in [-0.2, 0) is 9.53 Å². The molecule has 116 valence electrons. The summed E-state index contributed by atoms with van der Waals surface area (Å²) in [5.74, 6) is -1.50. The van der Waals surface area contributed by atoms with Gasteiger partial charge in [0, 0.05) is 13.2 Å². The minimum Gasteiger partial charge on any atom is -0.480 e. The molecule has 0 spiro atoms. The van der Waals surface area contributed by atoms with Crippen LogP contribution in [0.4, 0.5) is 18.0 Å². The van der Waals surface area contributed by atoms with Gasteiger partial charge in [-0.25, -0.2) is 4.79 Å². The predicted molar refractivity (Wildman–Crippen MR) is 62.3 cm³/mol. The Kier molecular flexibility index (Phi) is 6.05. The molecule has 0 saturated carbocycles. The summed E-state index contributed by atoms with van der Waals surface area (Å²) in [7, 11) is 0.